The Bertz CT molecular complexity index is 1300. The van der Waals surface area contributed by atoms with Gasteiger partial charge < -0.3 is 20.9 Å². The Balaban J connectivity index is 0.000000212. The van der Waals surface area contributed by atoms with Crippen molar-refractivity contribution < 1.29 is 23.8 Å². The second kappa shape index (κ2) is 12.9. The number of hydrogen-bond donors (Lipinski definition) is 3. The molecule has 0 spiro atoms. The van der Waals surface area contributed by atoms with Crippen LogP contribution < -0.4 is 15.8 Å². The van der Waals surface area contributed by atoms with Crippen molar-refractivity contribution in [3.63, 3.8) is 0 Å². The highest BCUT2D eigenvalue weighted by molar-refractivity contribution is 5.82. The Kier molecular flexibility index (Phi) is 9.36. The van der Waals surface area contributed by atoms with Crippen molar-refractivity contribution in [1.29, 1.82) is 0 Å². The van der Waals surface area contributed by atoms with E-state index in [1.54, 1.807) is 0 Å². The average Bonchev–Trinajstić information content (AvgIpc) is 2.94. The van der Waals surface area contributed by atoms with Crippen LogP contribution >= 0.6 is 0 Å². The second-order valence-electron chi connectivity index (χ2n) is 10.3. The maximum Gasteiger partial charge on any atom is 0.311 e. The molecule has 4 atom stereocenters. The van der Waals surface area contributed by atoms with Crippen LogP contribution in [0.2, 0.25) is 0 Å². The van der Waals surface area contributed by atoms with Gasteiger partial charge in [0, 0.05) is 18.0 Å². The first kappa shape index (κ1) is 28.3. The summed E-state index contributed by atoms with van der Waals surface area (Å²) in [5.41, 5.74) is 11.2. The van der Waals surface area contributed by atoms with Crippen molar-refractivity contribution in [3.05, 3.63) is 100 Å². The van der Waals surface area contributed by atoms with Crippen molar-refractivity contribution in [2.75, 3.05) is 19.7 Å². The van der Waals surface area contributed by atoms with Gasteiger partial charge in [-0.2, -0.15) is 0 Å². The van der Waals surface area contributed by atoms with Gasteiger partial charge in [0.25, 0.3) is 0 Å². The maximum atomic E-state index is 12.9. The average molecular weight is 533 g/mol. The number of benzene rings is 3. The Morgan fingerprint density at radius 2 is 1.82 bits per heavy atom. The molecule has 4 N–H and O–H groups in total. The van der Waals surface area contributed by atoms with Crippen molar-refractivity contribution >= 4 is 11.9 Å². The third-order valence-electron chi connectivity index (χ3n) is 7.96. The fourth-order valence-corrected chi connectivity index (χ4v) is 5.93. The number of rotatable bonds is 6. The highest BCUT2D eigenvalue weighted by Gasteiger charge is 2.30. The SMILES string of the molecule is CCC(C(N)=O)c1cccc(C2CCNCC2c2ccccc2)c1C.O=C(O)C1CCOc2ccc(F)cc21. The highest BCUT2D eigenvalue weighted by Crippen LogP contribution is 2.40. The molecule has 3 aromatic carbocycles. The van der Waals surface area contributed by atoms with Gasteiger partial charge in [0.05, 0.1) is 18.4 Å². The third-order valence-corrected chi connectivity index (χ3v) is 7.96. The van der Waals surface area contributed by atoms with Crippen molar-refractivity contribution in [1.82, 2.24) is 5.32 Å². The molecule has 0 saturated carbocycles. The topological polar surface area (TPSA) is 102 Å². The van der Waals surface area contributed by atoms with Crippen molar-refractivity contribution in [2.45, 2.75) is 56.8 Å². The molecule has 0 aromatic heterocycles. The summed E-state index contributed by atoms with van der Waals surface area (Å²) in [7, 11) is 0. The fourth-order valence-electron chi connectivity index (χ4n) is 5.93. The first-order valence-electron chi connectivity index (χ1n) is 13.6. The van der Waals surface area contributed by atoms with Gasteiger partial charge in [0.1, 0.15) is 11.6 Å². The summed E-state index contributed by atoms with van der Waals surface area (Å²) in [6.07, 6.45) is 2.25. The van der Waals surface area contributed by atoms with E-state index in [4.69, 9.17) is 15.6 Å². The Morgan fingerprint density at radius 1 is 1.05 bits per heavy atom. The lowest BCUT2D eigenvalue weighted by Crippen LogP contribution is -2.34. The molecular formula is C32H37FN2O4. The van der Waals surface area contributed by atoms with Crippen LogP contribution in [0, 0.1) is 12.7 Å². The Labute approximate surface area is 229 Å². The van der Waals surface area contributed by atoms with E-state index >= 15 is 0 Å². The monoisotopic (exact) mass is 532 g/mol. The smallest absolute Gasteiger partial charge is 0.311 e. The number of piperidine rings is 1. The van der Waals surface area contributed by atoms with Crippen LogP contribution in [-0.2, 0) is 9.59 Å². The summed E-state index contributed by atoms with van der Waals surface area (Å²) in [4.78, 5) is 22.7. The van der Waals surface area contributed by atoms with Crippen LogP contribution in [0.15, 0.2) is 66.7 Å². The number of nitrogens with two attached hydrogens (primary N) is 1. The number of ether oxygens (including phenoxy) is 1. The van der Waals surface area contributed by atoms with Crippen molar-refractivity contribution in [3.8, 4) is 5.75 Å². The van der Waals surface area contributed by atoms with E-state index < -0.39 is 17.7 Å². The number of halogens is 1. The summed E-state index contributed by atoms with van der Waals surface area (Å²) in [6, 6.07) is 21.1. The molecule has 39 heavy (non-hydrogen) atoms. The molecule has 1 fully saturated rings. The van der Waals surface area contributed by atoms with Gasteiger partial charge in [-0.05, 0) is 79.1 Å². The third kappa shape index (κ3) is 6.48. The number of hydrogen-bond acceptors (Lipinski definition) is 4. The first-order valence-corrected chi connectivity index (χ1v) is 13.6. The molecule has 2 aliphatic rings. The number of amides is 1. The summed E-state index contributed by atoms with van der Waals surface area (Å²) < 4.78 is 18.1. The molecule has 2 aliphatic heterocycles. The minimum atomic E-state index is -0.930. The molecule has 6 nitrogen and oxygen atoms in total. The predicted molar refractivity (Wildman–Crippen MR) is 150 cm³/mol. The molecule has 206 valence electrons. The first-order chi connectivity index (χ1) is 18.8. The van der Waals surface area contributed by atoms with Gasteiger partial charge >= 0.3 is 5.97 Å². The number of carbonyl (C=O) groups is 2. The van der Waals surface area contributed by atoms with Crippen LogP contribution in [-0.4, -0.2) is 36.7 Å². The molecule has 7 heteroatoms. The number of fused-ring (bicyclic) bond motifs is 1. The number of nitrogens with one attached hydrogen (secondary N) is 1. The van der Waals surface area contributed by atoms with Gasteiger partial charge in [-0.1, -0.05) is 55.5 Å². The van der Waals surface area contributed by atoms with E-state index in [0.717, 1.165) is 31.5 Å². The lowest BCUT2D eigenvalue weighted by Gasteiger charge is -2.34. The van der Waals surface area contributed by atoms with Gasteiger partial charge in [-0.15, -0.1) is 0 Å². The molecular weight excluding hydrogens is 495 g/mol. The standard InChI is InChI=1S/C22H28N2O.C10H9FO3/c1-3-17(22(23)25)18-10-7-11-19(15(18)2)20-12-13-24-14-21(20)16-8-5-4-6-9-16;11-6-1-2-9-8(5-6)7(10(12)13)3-4-14-9/h4-11,17,20-21,24H,3,12-14H2,1-2H3,(H2,23,25);1-2,5,7H,3-4H2,(H,12,13). The zero-order valence-electron chi connectivity index (χ0n) is 22.5. The van der Waals surface area contributed by atoms with E-state index in [1.807, 2.05) is 6.92 Å². The molecule has 1 amide bonds. The number of carbonyl (C=O) groups excluding carboxylic acids is 1. The van der Waals surface area contributed by atoms with E-state index in [-0.39, 0.29) is 11.8 Å². The van der Waals surface area contributed by atoms with Crippen LogP contribution in [0.3, 0.4) is 0 Å². The quantitative estimate of drug-likeness (QED) is 0.383. The number of aliphatic carboxylic acids is 1. The van der Waals surface area contributed by atoms with Crippen LogP contribution in [0.5, 0.6) is 5.75 Å². The number of carboxylic acid groups (broad SMARTS) is 1. The van der Waals surface area contributed by atoms with Crippen LogP contribution in [0.1, 0.15) is 77.7 Å². The minimum Gasteiger partial charge on any atom is -0.493 e. The molecule has 2 heterocycles. The van der Waals surface area contributed by atoms with Crippen LogP contribution in [0.4, 0.5) is 4.39 Å². The van der Waals surface area contributed by atoms with E-state index in [9.17, 15) is 14.0 Å². The van der Waals surface area contributed by atoms with Gasteiger partial charge in [-0.3, -0.25) is 9.59 Å². The number of carboxylic acids is 1. The summed E-state index contributed by atoms with van der Waals surface area (Å²) in [5, 5.41) is 12.4. The van der Waals surface area contributed by atoms with Crippen LogP contribution in [0.25, 0.3) is 0 Å². The molecule has 0 bridgehead atoms. The molecule has 3 aromatic rings. The van der Waals surface area contributed by atoms with E-state index in [0.29, 0.717) is 36.2 Å². The Morgan fingerprint density at radius 3 is 2.51 bits per heavy atom. The van der Waals surface area contributed by atoms with E-state index in [1.165, 1.54) is 34.9 Å². The molecule has 5 rings (SSSR count). The highest BCUT2D eigenvalue weighted by atomic mass is 19.1. The summed E-state index contributed by atoms with van der Waals surface area (Å²) in [5.74, 6) is -1.03. The van der Waals surface area contributed by atoms with Gasteiger partial charge in [-0.25, -0.2) is 4.39 Å². The molecule has 1 saturated heterocycles. The van der Waals surface area contributed by atoms with E-state index in [2.05, 4.69) is 60.8 Å². The normalized spacial score (nSPS) is 20.9. The summed E-state index contributed by atoms with van der Waals surface area (Å²) in [6.45, 7) is 6.57. The Hall–Kier alpha value is -3.71. The predicted octanol–water partition coefficient (Wildman–Crippen LogP) is 5.61. The zero-order valence-corrected chi connectivity index (χ0v) is 22.5. The lowest BCUT2D eigenvalue weighted by atomic mass is 9.74. The zero-order chi connectivity index (χ0) is 27.9. The van der Waals surface area contributed by atoms with Gasteiger partial charge in [0.2, 0.25) is 5.91 Å². The lowest BCUT2D eigenvalue weighted by molar-refractivity contribution is -0.139. The summed E-state index contributed by atoms with van der Waals surface area (Å²) >= 11 is 0. The molecule has 0 radical (unpaired) electrons. The largest absolute Gasteiger partial charge is 0.493 e. The number of primary amides is 1. The second-order valence-corrected chi connectivity index (χ2v) is 10.3. The fraction of sp³-hybridized carbons (Fsp3) is 0.375. The van der Waals surface area contributed by atoms with Crippen molar-refractivity contribution in [2.24, 2.45) is 5.73 Å². The maximum absolute atomic E-state index is 12.9. The molecule has 0 aliphatic carbocycles. The minimum absolute atomic E-state index is 0.197. The van der Waals surface area contributed by atoms with Gasteiger partial charge in [0.15, 0.2) is 0 Å². The molecule has 4 unspecified atom stereocenters.